The largest absolute Gasteiger partial charge is 0.506 e. The first-order valence-electron chi connectivity index (χ1n) is 10.1. The predicted molar refractivity (Wildman–Crippen MR) is 117 cm³/mol. The molecule has 0 amide bonds. The van der Waals surface area contributed by atoms with Crippen LogP contribution in [0.25, 0.3) is 11.0 Å². The monoisotopic (exact) mass is 392 g/mol. The van der Waals surface area contributed by atoms with Gasteiger partial charge in [0.1, 0.15) is 18.1 Å². The summed E-state index contributed by atoms with van der Waals surface area (Å²) in [6, 6.07) is 15.7. The van der Waals surface area contributed by atoms with E-state index in [1.807, 2.05) is 43.4 Å². The van der Waals surface area contributed by atoms with Gasteiger partial charge in [0.15, 0.2) is 5.96 Å². The summed E-state index contributed by atoms with van der Waals surface area (Å²) in [5.41, 5.74) is 3.02. The number of aromatic nitrogens is 2. The Balaban J connectivity index is 1.46. The summed E-state index contributed by atoms with van der Waals surface area (Å²) in [4.78, 5) is 14.1. The Hall–Kier alpha value is -3.22. The number of aryl methyl sites for hydroxylation is 1. The molecule has 1 aliphatic rings. The molecule has 7 nitrogen and oxygen atoms in total. The van der Waals surface area contributed by atoms with Crippen LogP contribution in [-0.4, -0.2) is 58.2 Å². The maximum Gasteiger partial charge on any atom is 0.194 e. The van der Waals surface area contributed by atoms with Crippen LogP contribution in [0.4, 0.5) is 5.69 Å². The van der Waals surface area contributed by atoms with E-state index in [-0.39, 0.29) is 0 Å². The van der Waals surface area contributed by atoms with Crippen molar-refractivity contribution >= 4 is 22.7 Å². The smallest absolute Gasteiger partial charge is 0.194 e. The predicted octanol–water partition coefficient (Wildman–Crippen LogP) is 2.57. The van der Waals surface area contributed by atoms with Gasteiger partial charge in [-0.05, 0) is 31.2 Å². The topological polar surface area (TPSA) is 68.9 Å². The molecular formula is C22H28N6O. The van der Waals surface area contributed by atoms with Gasteiger partial charge < -0.3 is 24.8 Å². The van der Waals surface area contributed by atoms with E-state index in [2.05, 4.69) is 32.7 Å². The standard InChI is InChI=1S/C22H28N6O/c1-3-23-22(24-16-21-25-17-8-4-5-9-18(17)26(21)2)28-14-12-27(13-15-28)19-10-6-7-11-20(19)29/h4-11,29H,3,12-16H2,1-2H3,(H,23,24). The zero-order chi connectivity index (χ0) is 20.2. The molecule has 0 aliphatic carbocycles. The minimum Gasteiger partial charge on any atom is -0.506 e. The third-order valence-corrected chi connectivity index (χ3v) is 5.39. The number of phenols is 1. The maximum atomic E-state index is 10.1. The normalized spacial score (nSPS) is 15.2. The summed E-state index contributed by atoms with van der Waals surface area (Å²) in [6.07, 6.45) is 0. The van der Waals surface area contributed by atoms with Gasteiger partial charge in [-0.15, -0.1) is 0 Å². The number of aromatic hydroxyl groups is 1. The van der Waals surface area contributed by atoms with Crippen LogP contribution in [0, 0.1) is 0 Å². The fourth-order valence-corrected chi connectivity index (χ4v) is 3.80. The van der Waals surface area contributed by atoms with Gasteiger partial charge >= 0.3 is 0 Å². The number of benzene rings is 2. The lowest BCUT2D eigenvalue weighted by Gasteiger charge is -2.37. The number of hydrogen-bond donors (Lipinski definition) is 2. The Morgan fingerprint density at radius 3 is 2.52 bits per heavy atom. The number of fused-ring (bicyclic) bond motifs is 1. The lowest BCUT2D eigenvalue weighted by atomic mass is 10.2. The summed E-state index contributed by atoms with van der Waals surface area (Å²) in [5.74, 6) is 2.20. The number of guanidine groups is 1. The molecule has 4 rings (SSSR count). The molecular weight excluding hydrogens is 364 g/mol. The number of anilines is 1. The summed E-state index contributed by atoms with van der Waals surface area (Å²) in [6.45, 7) is 6.82. The average molecular weight is 393 g/mol. The van der Waals surface area contributed by atoms with E-state index in [4.69, 9.17) is 9.98 Å². The molecule has 2 N–H and O–H groups in total. The van der Waals surface area contributed by atoms with Crippen LogP contribution in [0.15, 0.2) is 53.5 Å². The van der Waals surface area contributed by atoms with Crippen LogP contribution in [0.5, 0.6) is 5.75 Å². The Bertz CT molecular complexity index is 1000. The second-order valence-electron chi connectivity index (χ2n) is 7.21. The molecule has 0 bridgehead atoms. The third-order valence-electron chi connectivity index (χ3n) is 5.39. The molecule has 0 saturated carbocycles. The Morgan fingerprint density at radius 2 is 1.79 bits per heavy atom. The van der Waals surface area contributed by atoms with Crippen LogP contribution in [-0.2, 0) is 13.6 Å². The van der Waals surface area contributed by atoms with Crippen molar-refractivity contribution in [1.29, 1.82) is 0 Å². The Kier molecular flexibility index (Phi) is 5.55. The van der Waals surface area contributed by atoms with E-state index in [1.54, 1.807) is 6.07 Å². The number of aliphatic imine (C=N–C) groups is 1. The van der Waals surface area contributed by atoms with Crippen LogP contribution in [0.1, 0.15) is 12.7 Å². The van der Waals surface area contributed by atoms with Gasteiger partial charge in [-0.2, -0.15) is 0 Å². The zero-order valence-electron chi connectivity index (χ0n) is 17.0. The SMILES string of the molecule is CCNC(=NCc1nc2ccccc2n1C)N1CCN(c2ccccc2O)CC1. The van der Waals surface area contributed by atoms with E-state index in [9.17, 15) is 5.11 Å². The highest BCUT2D eigenvalue weighted by Gasteiger charge is 2.21. The third kappa shape index (κ3) is 3.99. The lowest BCUT2D eigenvalue weighted by molar-refractivity contribution is 0.369. The first-order chi connectivity index (χ1) is 14.2. The Morgan fingerprint density at radius 1 is 1.07 bits per heavy atom. The maximum absolute atomic E-state index is 10.1. The number of imidazole rings is 1. The molecule has 0 unspecified atom stereocenters. The van der Waals surface area contributed by atoms with E-state index < -0.39 is 0 Å². The zero-order valence-corrected chi connectivity index (χ0v) is 17.0. The summed E-state index contributed by atoms with van der Waals surface area (Å²) < 4.78 is 2.11. The van der Waals surface area contributed by atoms with Gasteiger partial charge in [-0.1, -0.05) is 24.3 Å². The van der Waals surface area contributed by atoms with Crippen molar-refractivity contribution in [3.8, 4) is 5.75 Å². The first kappa shape index (κ1) is 19.1. The molecule has 152 valence electrons. The lowest BCUT2D eigenvalue weighted by Crippen LogP contribution is -2.52. The Labute approximate surface area is 171 Å². The average Bonchev–Trinajstić information content (AvgIpc) is 3.07. The summed E-state index contributed by atoms with van der Waals surface area (Å²) in [7, 11) is 2.04. The summed E-state index contributed by atoms with van der Waals surface area (Å²) >= 11 is 0. The molecule has 7 heteroatoms. The highest BCUT2D eigenvalue weighted by Crippen LogP contribution is 2.27. The number of piperazine rings is 1. The first-order valence-corrected chi connectivity index (χ1v) is 10.1. The molecule has 1 saturated heterocycles. The van der Waals surface area contributed by atoms with Crippen LogP contribution >= 0.6 is 0 Å². The van der Waals surface area contributed by atoms with Crippen LogP contribution < -0.4 is 10.2 Å². The van der Waals surface area contributed by atoms with Crippen LogP contribution in [0.2, 0.25) is 0 Å². The van der Waals surface area contributed by atoms with Crippen molar-refractivity contribution in [2.75, 3.05) is 37.6 Å². The molecule has 0 atom stereocenters. The molecule has 2 aromatic carbocycles. The fraction of sp³-hybridized carbons (Fsp3) is 0.364. The van der Waals surface area contributed by atoms with E-state index in [1.165, 1.54) is 0 Å². The molecule has 0 spiro atoms. The highest BCUT2D eigenvalue weighted by molar-refractivity contribution is 5.80. The van der Waals surface area contributed by atoms with Gasteiger partial charge in [0, 0.05) is 39.8 Å². The van der Waals surface area contributed by atoms with Crippen molar-refractivity contribution in [3.05, 3.63) is 54.4 Å². The van der Waals surface area contributed by atoms with E-state index in [0.29, 0.717) is 12.3 Å². The number of hydrogen-bond acceptors (Lipinski definition) is 4. The molecule has 2 heterocycles. The molecule has 3 aromatic rings. The number of nitrogens with zero attached hydrogens (tertiary/aromatic N) is 5. The van der Waals surface area contributed by atoms with E-state index in [0.717, 1.165) is 61.2 Å². The fourth-order valence-electron chi connectivity index (χ4n) is 3.80. The van der Waals surface area contributed by atoms with Crippen molar-refractivity contribution < 1.29 is 5.11 Å². The van der Waals surface area contributed by atoms with Crippen molar-refractivity contribution in [2.45, 2.75) is 13.5 Å². The van der Waals surface area contributed by atoms with Gasteiger partial charge in [0.25, 0.3) is 0 Å². The van der Waals surface area contributed by atoms with Gasteiger partial charge in [0.05, 0.1) is 16.7 Å². The molecule has 1 fully saturated rings. The second-order valence-corrected chi connectivity index (χ2v) is 7.21. The molecule has 1 aliphatic heterocycles. The van der Waals surface area contributed by atoms with Gasteiger partial charge in [-0.3, -0.25) is 0 Å². The van der Waals surface area contributed by atoms with Crippen LogP contribution in [0.3, 0.4) is 0 Å². The quantitative estimate of drug-likeness (QED) is 0.528. The number of phenolic OH excluding ortho intramolecular Hbond substituents is 1. The highest BCUT2D eigenvalue weighted by atomic mass is 16.3. The van der Waals surface area contributed by atoms with Gasteiger partial charge in [0.2, 0.25) is 0 Å². The van der Waals surface area contributed by atoms with Crippen molar-refractivity contribution in [2.24, 2.45) is 12.0 Å². The van der Waals surface area contributed by atoms with Gasteiger partial charge in [-0.25, -0.2) is 9.98 Å². The number of para-hydroxylation sites is 4. The minimum atomic E-state index is 0.336. The number of nitrogens with one attached hydrogen (secondary N) is 1. The van der Waals surface area contributed by atoms with E-state index >= 15 is 0 Å². The second kappa shape index (κ2) is 8.43. The number of rotatable bonds is 4. The molecule has 29 heavy (non-hydrogen) atoms. The minimum absolute atomic E-state index is 0.336. The summed E-state index contributed by atoms with van der Waals surface area (Å²) in [5, 5.41) is 13.5. The molecule has 1 aromatic heterocycles. The van der Waals surface area contributed by atoms with Crippen molar-refractivity contribution in [1.82, 2.24) is 19.8 Å². The van der Waals surface area contributed by atoms with Crippen molar-refractivity contribution in [3.63, 3.8) is 0 Å². The molecule has 0 radical (unpaired) electrons.